The van der Waals surface area contributed by atoms with Crippen LogP contribution >= 0.6 is 0 Å². The summed E-state index contributed by atoms with van der Waals surface area (Å²) in [7, 11) is 0. The third kappa shape index (κ3) is 2.76. The molecule has 35 heavy (non-hydrogen) atoms. The van der Waals surface area contributed by atoms with E-state index < -0.39 is 69.9 Å². The third-order valence-corrected chi connectivity index (χ3v) is 9.46. The number of alkyl halides is 2. The first-order valence-electron chi connectivity index (χ1n) is 11.8. The largest absolute Gasteiger partial charge is 0.478 e. The number of aliphatic hydroxyl groups excluding tert-OH is 1. The molecule has 5 rings (SSSR count). The van der Waals surface area contributed by atoms with Crippen molar-refractivity contribution in [2.45, 2.75) is 63.6 Å². The predicted octanol–water partition coefficient (Wildman–Crippen LogP) is 3.82. The molecular formula is C26H28F2O7. The molecule has 1 aromatic rings. The Balaban J connectivity index is 1.62. The van der Waals surface area contributed by atoms with Gasteiger partial charge in [-0.25, -0.2) is 18.4 Å². The number of esters is 1. The number of carboxylic acids is 1. The predicted molar refractivity (Wildman–Crippen MR) is 118 cm³/mol. The number of rotatable bonds is 3. The second-order valence-electron chi connectivity index (χ2n) is 10.9. The molecule has 188 valence electrons. The number of ketones is 1. The SMILES string of the molecule is CC1C[C@H]2[C@@H]3CC(F)C4=CC(=O)C=C[C@]4(C)[C@@]3(F)C(O)C[C@]2(C)C1(OC(=O)c1ccco1)C(=O)O. The average Bonchev–Trinajstić information content (AvgIpc) is 3.39. The summed E-state index contributed by atoms with van der Waals surface area (Å²) in [6.45, 7) is 4.67. The van der Waals surface area contributed by atoms with Crippen molar-refractivity contribution in [3.8, 4) is 0 Å². The van der Waals surface area contributed by atoms with E-state index >= 15 is 8.78 Å². The zero-order valence-corrected chi connectivity index (χ0v) is 19.7. The molecule has 0 spiro atoms. The van der Waals surface area contributed by atoms with Gasteiger partial charge in [0.1, 0.15) is 6.17 Å². The molecule has 0 aromatic carbocycles. The van der Waals surface area contributed by atoms with Gasteiger partial charge in [0, 0.05) is 22.7 Å². The van der Waals surface area contributed by atoms with Gasteiger partial charge in [-0.15, -0.1) is 0 Å². The Bertz CT molecular complexity index is 1160. The van der Waals surface area contributed by atoms with Crippen molar-refractivity contribution in [2.75, 3.05) is 0 Å². The summed E-state index contributed by atoms with van der Waals surface area (Å²) >= 11 is 0. The molecule has 0 radical (unpaired) electrons. The number of aliphatic hydroxyl groups is 1. The molecule has 4 aliphatic carbocycles. The smallest absolute Gasteiger partial charge is 0.375 e. The van der Waals surface area contributed by atoms with Gasteiger partial charge in [-0.3, -0.25) is 4.79 Å². The molecule has 3 saturated carbocycles. The van der Waals surface area contributed by atoms with Gasteiger partial charge in [0.15, 0.2) is 11.5 Å². The van der Waals surface area contributed by atoms with Crippen molar-refractivity contribution in [1.29, 1.82) is 0 Å². The minimum Gasteiger partial charge on any atom is -0.478 e. The van der Waals surface area contributed by atoms with Crippen LogP contribution in [0.15, 0.2) is 46.6 Å². The number of ether oxygens (including phenoxy) is 1. The fraction of sp³-hybridized carbons (Fsp3) is 0.577. The van der Waals surface area contributed by atoms with Crippen LogP contribution in [0.2, 0.25) is 0 Å². The van der Waals surface area contributed by atoms with Crippen LogP contribution in [0.5, 0.6) is 0 Å². The first-order valence-corrected chi connectivity index (χ1v) is 11.8. The maximum atomic E-state index is 17.2. The summed E-state index contributed by atoms with van der Waals surface area (Å²) < 4.78 is 43.5. The Morgan fingerprint density at radius 1 is 1.23 bits per heavy atom. The second kappa shape index (κ2) is 7.35. The lowest BCUT2D eigenvalue weighted by molar-refractivity contribution is -0.229. The molecule has 1 aromatic heterocycles. The molecule has 0 bridgehead atoms. The van der Waals surface area contributed by atoms with Crippen LogP contribution in [0.1, 0.15) is 50.6 Å². The van der Waals surface area contributed by atoms with E-state index in [0.717, 1.165) is 6.08 Å². The van der Waals surface area contributed by atoms with Gasteiger partial charge in [0.25, 0.3) is 0 Å². The van der Waals surface area contributed by atoms with Gasteiger partial charge in [-0.2, -0.15) is 0 Å². The van der Waals surface area contributed by atoms with Gasteiger partial charge in [-0.1, -0.05) is 19.9 Å². The van der Waals surface area contributed by atoms with Crippen LogP contribution in [0.25, 0.3) is 0 Å². The van der Waals surface area contributed by atoms with Crippen molar-refractivity contribution >= 4 is 17.7 Å². The van der Waals surface area contributed by atoms with Gasteiger partial charge < -0.3 is 19.4 Å². The number of carbonyl (C=O) groups excluding carboxylic acids is 2. The van der Waals surface area contributed by atoms with Crippen molar-refractivity contribution in [2.24, 2.45) is 28.6 Å². The molecule has 9 atom stereocenters. The molecule has 0 amide bonds. The summed E-state index contributed by atoms with van der Waals surface area (Å²) in [6, 6.07) is 2.81. The van der Waals surface area contributed by atoms with E-state index in [9.17, 15) is 24.6 Å². The van der Waals surface area contributed by atoms with Gasteiger partial charge in [-0.05, 0) is 62.0 Å². The Morgan fingerprint density at radius 3 is 2.57 bits per heavy atom. The van der Waals surface area contributed by atoms with E-state index in [4.69, 9.17) is 9.15 Å². The lowest BCUT2D eigenvalue weighted by Gasteiger charge is -2.62. The lowest BCUT2D eigenvalue weighted by atomic mass is 9.44. The zero-order chi connectivity index (χ0) is 25.6. The average molecular weight is 490 g/mol. The summed E-state index contributed by atoms with van der Waals surface area (Å²) in [5.74, 6) is -5.55. The number of carbonyl (C=O) groups is 3. The molecule has 2 N–H and O–H groups in total. The van der Waals surface area contributed by atoms with Crippen molar-refractivity contribution < 1.29 is 42.5 Å². The Hall–Kier alpha value is -2.81. The van der Waals surface area contributed by atoms with Crippen LogP contribution in [-0.4, -0.2) is 51.5 Å². The van der Waals surface area contributed by atoms with E-state index in [1.807, 2.05) is 0 Å². The summed E-state index contributed by atoms with van der Waals surface area (Å²) in [5.41, 5.74) is -7.42. The second-order valence-corrected chi connectivity index (χ2v) is 10.9. The van der Waals surface area contributed by atoms with Crippen LogP contribution in [0.4, 0.5) is 8.78 Å². The monoisotopic (exact) mass is 490 g/mol. The van der Waals surface area contributed by atoms with Gasteiger partial charge in [0.2, 0.25) is 11.4 Å². The number of fused-ring (bicyclic) bond motifs is 5. The van der Waals surface area contributed by atoms with Crippen molar-refractivity contribution in [1.82, 2.24) is 0 Å². The molecule has 4 aliphatic rings. The molecular weight excluding hydrogens is 462 g/mol. The number of allylic oxidation sites excluding steroid dienone is 4. The molecule has 3 fully saturated rings. The molecule has 4 unspecified atom stereocenters. The normalized spacial score (nSPS) is 46.3. The molecule has 9 heteroatoms. The summed E-state index contributed by atoms with van der Waals surface area (Å²) in [6.07, 6.45) is 1.05. The van der Waals surface area contributed by atoms with Crippen molar-refractivity contribution in [3.63, 3.8) is 0 Å². The minimum atomic E-state index is -2.35. The quantitative estimate of drug-likeness (QED) is 0.619. The summed E-state index contributed by atoms with van der Waals surface area (Å²) in [5, 5.41) is 21.8. The Labute approximate surface area is 200 Å². The number of furan rings is 1. The zero-order valence-electron chi connectivity index (χ0n) is 19.7. The lowest BCUT2D eigenvalue weighted by Crippen LogP contribution is -2.71. The van der Waals surface area contributed by atoms with Crippen LogP contribution in [-0.2, 0) is 14.3 Å². The maximum Gasteiger partial charge on any atom is 0.375 e. The first-order chi connectivity index (χ1) is 16.3. The van der Waals surface area contributed by atoms with E-state index in [-0.39, 0.29) is 30.6 Å². The summed E-state index contributed by atoms with van der Waals surface area (Å²) in [4.78, 5) is 37.6. The molecule has 0 saturated heterocycles. The third-order valence-electron chi connectivity index (χ3n) is 9.46. The number of aliphatic carboxylic acids is 1. The maximum absolute atomic E-state index is 17.2. The highest BCUT2D eigenvalue weighted by atomic mass is 19.1. The first kappa shape index (κ1) is 23.9. The van der Waals surface area contributed by atoms with Gasteiger partial charge in [0.05, 0.1) is 12.4 Å². The highest BCUT2D eigenvalue weighted by Crippen LogP contribution is 2.71. The van der Waals surface area contributed by atoms with E-state index in [2.05, 4.69) is 0 Å². The van der Waals surface area contributed by atoms with Gasteiger partial charge >= 0.3 is 11.9 Å². The minimum absolute atomic E-state index is 0.00815. The van der Waals surface area contributed by atoms with E-state index in [1.54, 1.807) is 13.8 Å². The molecule has 0 aliphatic heterocycles. The standard InChI is InChI=1S/C26H28F2O7/c1-13-9-15-16-11-18(27)17-10-14(29)6-7-23(17,2)25(16,28)20(30)12-24(15,3)26(13,22(32)33)35-21(31)19-5-4-8-34-19/h4-8,10,13,15-16,18,20,30H,9,11-12H2,1-3H3,(H,32,33)/t13?,15-,16-,18?,20?,23-,24-,25-,26?/m0/s1. The highest BCUT2D eigenvalue weighted by Gasteiger charge is 2.78. The Kier molecular flexibility index (Phi) is 5.02. The number of hydrogen-bond donors (Lipinski definition) is 2. The number of carboxylic acid groups (broad SMARTS) is 1. The van der Waals surface area contributed by atoms with Crippen LogP contribution in [0.3, 0.4) is 0 Å². The van der Waals surface area contributed by atoms with E-state index in [0.29, 0.717) is 0 Å². The number of halogens is 2. The van der Waals surface area contributed by atoms with E-state index in [1.165, 1.54) is 37.5 Å². The topological polar surface area (TPSA) is 114 Å². The fourth-order valence-corrected chi connectivity index (χ4v) is 7.83. The molecule has 1 heterocycles. The van der Waals surface area contributed by atoms with Crippen molar-refractivity contribution in [3.05, 3.63) is 48.0 Å². The van der Waals surface area contributed by atoms with Crippen LogP contribution < -0.4 is 0 Å². The fourth-order valence-electron chi connectivity index (χ4n) is 7.83. The number of hydrogen-bond acceptors (Lipinski definition) is 6. The van der Waals surface area contributed by atoms with Crippen LogP contribution in [0, 0.1) is 28.6 Å². The Morgan fingerprint density at radius 2 is 1.94 bits per heavy atom. The highest BCUT2D eigenvalue weighted by molar-refractivity contribution is 6.01. The molecule has 7 nitrogen and oxygen atoms in total.